The molecule has 1 rings (SSSR count). The number of nitrogens with one attached hydrogen (secondary N) is 3. The highest BCUT2D eigenvalue weighted by Crippen LogP contribution is 2.30. The topological polar surface area (TPSA) is 170 Å². The Kier molecular flexibility index (Phi) is 19.4. The van der Waals surface area contributed by atoms with Gasteiger partial charge in [0.05, 0.1) is 48.6 Å². The van der Waals surface area contributed by atoms with Crippen molar-refractivity contribution >= 4 is 30.7 Å². The van der Waals surface area contributed by atoms with E-state index in [1.807, 2.05) is 55.4 Å². The maximum absolute atomic E-state index is 14.1. The number of carbonyl (C=O) groups excluding carboxylic acids is 4. The molecule has 49 heavy (non-hydrogen) atoms. The summed E-state index contributed by atoms with van der Waals surface area (Å²) in [4.78, 5) is 58.0. The third kappa shape index (κ3) is 12.5. The number of likely N-dealkylation sites (N-methyl/N-ethyl adjacent to an activating group) is 2. The van der Waals surface area contributed by atoms with Gasteiger partial charge in [0.2, 0.25) is 23.6 Å². The molecule has 4 amide bonds. The molecule has 0 aromatic heterocycles. The quantitative estimate of drug-likeness (QED) is 0.112. The molecule has 0 aromatic carbocycles. The van der Waals surface area contributed by atoms with Crippen LogP contribution >= 0.6 is 0 Å². The summed E-state index contributed by atoms with van der Waals surface area (Å²) in [6.07, 6.45) is 1.26. The largest absolute Gasteiger partial charge is 0.475 e. The summed E-state index contributed by atoms with van der Waals surface area (Å²) in [5, 5.41) is 28.5. The van der Waals surface area contributed by atoms with Crippen molar-refractivity contribution in [3.8, 4) is 0 Å². The van der Waals surface area contributed by atoms with E-state index >= 15 is 0 Å². The summed E-state index contributed by atoms with van der Waals surface area (Å²) >= 11 is 0. The molecule has 14 heteroatoms. The number of likely N-dealkylation sites (tertiary alicyclic amines) is 1. The number of rotatable bonds is 21. The van der Waals surface area contributed by atoms with Gasteiger partial charge in [0.1, 0.15) is 6.04 Å². The summed E-state index contributed by atoms with van der Waals surface area (Å²) in [5.74, 6) is -2.56. The summed E-state index contributed by atoms with van der Waals surface area (Å²) in [7, 11) is 4.80. The smallest absolute Gasteiger partial charge is 0.426 e. The lowest BCUT2D eigenvalue weighted by Crippen LogP contribution is -2.59. The van der Waals surface area contributed by atoms with Crippen molar-refractivity contribution in [3.63, 3.8) is 0 Å². The average Bonchev–Trinajstić information content (AvgIpc) is 3.51. The van der Waals surface area contributed by atoms with Crippen LogP contribution in [0, 0.1) is 29.6 Å². The van der Waals surface area contributed by atoms with Gasteiger partial charge in [-0.25, -0.2) is 0 Å². The van der Waals surface area contributed by atoms with Gasteiger partial charge in [-0.15, -0.1) is 0 Å². The van der Waals surface area contributed by atoms with E-state index in [2.05, 4.69) is 16.0 Å². The normalized spacial score (nSPS) is 20.0. The molecule has 284 valence electrons. The SMILES string of the molecule is CC[C@H](C)[C@@H]([C@@H](CC(=O)N1CCC[C@H]1[C@H](OC)[C@@H](C)C(=O)N[C@@H](CC(C)C)B(O)O)OC)N(C)C(=O)[C@@H](NC(=O)C(NC)C(C)C)C(C)C. The van der Waals surface area contributed by atoms with E-state index in [4.69, 9.17) is 9.47 Å². The highest BCUT2D eigenvalue weighted by Gasteiger charge is 2.43. The zero-order valence-corrected chi connectivity index (χ0v) is 32.5. The Morgan fingerprint density at radius 3 is 1.96 bits per heavy atom. The van der Waals surface area contributed by atoms with Gasteiger partial charge >= 0.3 is 7.12 Å². The molecule has 1 aliphatic heterocycles. The number of nitrogens with zero attached hydrogens (tertiary/aromatic N) is 2. The Hall–Kier alpha value is -2.26. The second-order valence-corrected chi connectivity index (χ2v) is 15.0. The van der Waals surface area contributed by atoms with Crippen molar-refractivity contribution in [3.05, 3.63) is 0 Å². The van der Waals surface area contributed by atoms with Crippen LogP contribution in [0.1, 0.15) is 94.4 Å². The zero-order chi connectivity index (χ0) is 37.7. The van der Waals surface area contributed by atoms with E-state index in [9.17, 15) is 29.2 Å². The summed E-state index contributed by atoms with van der Waals surface area (Å²) in [5.41, 5.74) is 0. The number of hydrogen-bond donors (Lipinski definition) is 5. The molecule has 0 spiro atoms. The zero-order valence-electron chi connectivity index (χ0n) is 32.5. The molecule has 5 N–H and O–H groups in total. The van der Waals surface area contributed by atoms with Gasteiger partial charge in [0, 0.05) is 27.8 Å². The molecule has 0 saturated carbocycles. The Labute approximate surface area is 296 Å². The van der Waals surface area contributed by atoms with Crippen molar-refractivity contribution in [2.45, 2.75) is 137 Å². The third-order valence-corrected chi connectivity index (χ3v) is 10.2. The first-order valence-corrected chi connectivity index (χ1v) is 18.1. The van der Waals surface area contributed by atoms with E-state index < -0.39 is 49.3 Å². The second kappa shape index (κ2) is 21.2. The molecule has 1 heterocycles. The minimum atomic E-state index is -1.70. The van der Waals surface area contributed by atoms with Gasteiger partial charge in [0.15, 0.2) is 0 Å². The maximum atomic E-state index is 14.1. The van der Waals surface area contributed by atoms with Gasteiger partial charge in [-0.05, 0) is 50.0 Å². The van der Waals surface area contributed by atoms with Gasteiger partial charge < -0.3 is 45.3 Å². The fourth-order valence-electron chi connectivity index (χ4n) is 7.13. The molecule has 1 unspecified atom stereocenters. The minimum Gasteiger partial charge on any atom is -0.426 e. The third-order valence-electron chi connectivity index (χ3n) is 10.2. The standard InChI is InChI=1S/C35H68BN5O8/c1-14-23(8)31(40(11)35(45)30(22(6)7)39-34(44)29(37-10)21(4)5)26(48-12)19-28(42)41-17-15-16-25(41)32(49-13)24(9)33(43)38-27(36(46)47)18-20(2)3/h20-27,29-32,37,46-47H,14-19H2,1-13H3,(H,38,43)(H,39,44)/t23-,24+,25-,26+,27-,29?,30-,31-,32+/m0/s1. The van der Waals surface area contributed by atoms with Crippen LogP contribution in [0.3, 0.4) is 0 Å². The van der Waals surface area contributed by atoms with Crippen LogP contribution in [0.5, 0.6) is 0 Å². The van der Waals surface area contributed by atoms with E-state index in [1.165, 1.54) is 7.11 Å². The van der Waals surface area contributed by atoms with Gasteiger partial charge in [-0.3, -0.25) is 19.2 Å². The fourth-order valence-corrected chi connectivity index (χ4v) is 7.13. The van der Waals surface area contributed by atoms with Crippen molar-refractivity contribution < 1.29 is 38.7 Å². The van der Waals surface area contributed by atoms with Crippen LogP contribution in [0.15, 0.2) is 0 Å². The average molecular weight is 698 g/mol. The highest BCUT2D eigenvalue weighted by molar-refractivity contribution is 6.43. The van der Waals surface area contributed by atoms with Gasteiger partial charge in [-0.1, -0.05) is 68.7 Å². The van der Waals surface area contributed by atoms with Gasteiger partial charge in [0.25, 0.3) is 0 Å². The maximum Gasteiger partial charge on any atom is 0.475 e. The lowest BCUT2D eigenvalue weighted by atomic mass is 9.74. The predicted octanol–water partition coefficient (Wildman–Crippen LogP) is 1.83. The molecular weight excluding hydrogens is 629 g/mol. The van der Waals surface area contributed by atoms with E-state index in [-0.39, 0.29) is 59.8 Å². The Morgan fingerprint density at radius 2 is 1.51 bits per heavy atom. The Morgan fingerprint density at radius 1 is 0.918 bits per heavy atom. The second-order valence-electron chi connectivity index (χ2n) is 15.0. The Bertz CT molecular complexity index is 1050. The number of ether oxygens (including phenoxy) is 2. The Balaban J connectivity index is 3.25. The first-order chi connectivity index (χ1) is 22.9. The lowest BCUT2D eigenvalue weighted by Gasteiger charge is -2.41. The van der Waals surface area contributed by atoms with Crippen LogP contribution in [-0.4, -0.2) is 128 Å². The van der Waals surface area contributed by atoms with Crippen LogP contribution in [0.25, 0.3) is 0 Å². The predicted molar refractivity (Wildman–Crippen MR) is 192 cm³/mol. The van der Waals surface area contributed by atoms with Crippen LogP contribution in [-0.2, 0) is 28.7 Å². The first kappa shape index (κ1) is 44.8. The fraction of sp³-hybridized carbons (Fsp3) is 0.886. The number of amides is 4. The number of carbonyl (C=O) groups is 4. The van der Waals surface area contributed by atoms with Gasteiger partial charge in [-0.2, -0.15) is 0 Å². The van der Waals surface area contributed by atoms with E-state index in [0.717, 1.165) is 12.8 Å². The highest BCUT2D eigenvalue weighted by atomic mass is 16.5. The van der Waals surface area contributed by atoms with E-state index in [0.29, 0.717) is 19.4 Å². The molecule has 0 bridgehead atoms. The van der Waals surface area contributed by atoms with Crippen molar-refractivity contribution in [1.29, 1.82) is 0 Å². The molecule has 1 aliphatic rings. The number of hydrogen-bond acceptors (Lipinski definition) is 9. The van der Waals surface area contributed by atoms with Crippen LogP contribution in [0.2, 0.25) is 0 Å². The summed E-state index contributed by atoms with van der Waals surface area (Å²) in [6, 6.07) is -2.05. The molecule has 0 aliphatic carbocycles. The van der Waals surface area contributed by atoms with Crippen molar-refractivity contribution in [1.82, 2.24) is 25.8 Å². The monoisotopic (exact) mass is 698 g/mol. The lowest BCUT2D eigenvalue weighted by molar-refractivity contribution is -0.147. The minimum absolute atomic E-state index is 0.0116. The molecule has 13 nitrogen and oxygen atoms in total. The van der Waals surface area contributed by atoms with Crippen molar-refractivity contribution in [2.75, 3.05) is 34.9 Å². The molecule has 0 radical (unpaired) electrons. The molecule has 0 aromatic rings. The van der Waals surface area contributed by atoms with E-state index in [1.54, 1.807) is 37.9 Å². The van der Waals surface area contributed by atoms with Crippen LogP contribution in [0.4, 0.5) is 0 Å². The summed E-state index contributed by atoms with van der Waals surface area (Å²) in [6.45, 7) is 17.8. The number of methoxy groups -OCH3 is 2. The molecular formula is C35H68BN5O8. The summed E-state index contributed by atoms with van der Waals surface area (Å²) < 4.78 is 11.8. The van der Waals surface area contributed by atoms with Crippen LogP contribution < -0.4 is 16.0 Å². The molecule has 1 saturated heterocycles. The molecule has 9 atom stereocenters. The van der Waals surface area contributed by atoms with Crippen molar-refractivity contribution in [2.24, 2.45) is 29.6 Å². The first-order valence-electron chi connectivity index (χ1n) is 18.1. The molecule has 1 fully saturated rings.